The molecule has 0 aromatic heterocycles. The monoisotopic (exact) mass is 260 g/mol. The van der Waals surface area contributed by atoms with Crippen LogP contribution in [0, 0.1) is 0 Å². The SMILES string of the molecule is C=C(COC(=O)OC)c1ccc(C(F)(F)F)cc1. The van der Waals surface area contributed by atoms with Crippen molar-refractivity contribution in [1.29, 1.82) is 0 Å². The smallest absolute Gasteiger partial charge is 0.438 e. The lowest BCUT2D eigenvalue weighted by atomic mass is 10.1. The van der Waals surface area contributed by atoms with Gasteiger partial charge in [0, 0.05) is 0 Å². The van der Waals surface area contributed by atoms with E-state index in [1.54, 1.807) is 0 Å². The van der Waals surface area contributed by atoms with Crippen LogP contribution in [-0.2, 0) is 15.7 Å². The molecule has 6 heteroatoms. The van der Waals surface area contributed by atoms with Crippen molar-refractivity contribution in [2.75, 3.05) is 13.7 Å². The summed E-state index contributed by atoms with van der Waals surface area (Å²) in [5.74, 6) is 0. The van der Waals surface area contributed by atoms with Crippen molar-refractivity contribution in [3.05, 3.63) is 42.0 Å². The highest BCUT2D eigenvalue weighted by atomic mass is 19.4. The van der Waals surface area contributed by atoms with Crippen molar-refractivity contribution >= 4 is 11.7 Å². The lowest BCUT2D eigenvalue weighted by molar-refractivity contribution is -0.137. The fraction of sp³-hybridized carbons (Fsp3) is 0.250. The molecule has 0 unspecified atom stereocenters. The second kappa shape index (κ2) is 5.57. The van der Waals surface area contributed by atoms with E-state index in [0.717, 1.165) is 19.2 Å². The van der Waals surface area contributed by atoms with Gasteiger partial charge in [0.25, 0.3) is 0 Å². The van der Waals surface area contributed by atoms with E-state index in [1.807, 2.05) is 0 Å². The average Bonchev–Trinajstić information content (AvgIpc) is 2.34. The van der Waals surface area contributed by atoms with Gasteiger partial charge in [-0.25, -0.2) is 4.79 Å². The van der Waals surface area contributed by atoms with E-state index in [4.69, 9.17) is 0 Å². The minimum absolute atomic E-state index is 0.141. The predicted molar refractivity (Wildman–Crippen MR) is 58.8 cm³/mol. The summed E-state index contributed by atoms with van der Waals surface area (Å²) in [6, 6.07) is 4.43. The third-order valence-corrected chi connectivity index (χ3v) is 2.15. The summed E-state index contributed by atoms with van der Waals surface area (Å²) in [6.07, 6.45) is -5.24. The molecule has 0 spiro atoms. The van der Waals surface area contributed by atoms with Crippen LogP contribution in [0.1, 0.15) is 11.1 Å². The number of rotatable bonds is 3. The molecule has 0 bridgehead atoms. The van der Waals surface area contributed by atoms with Crippen LogP contribution in [0.15, 0.2) is 30.8 Å². The largest absolute Gasteiger partial charge is 0.508 e. The summed E-state index contributed by atoms with van der Waals surface area (Å²) in [5.41, 5.74) is 0.106. The Balaban J connectivity index is 2.68. The van der Waals surface area contributed by atoms with Crippen LogP contribution in [0.25, 0.3) is 5.57 Å². The van der Waals surface area contributed by atoms with Crippen molar-refractivity contribution in [2.24, 2.45) is 0 Å². The molecular formula is C12H11F3O3. The Morgan fingerprint density at radius 3 is 2.28 bits per heavy atom. The molecule has 0 aliphatic carbocycles. The molecule has 0 radical (unpaired) electrons. The minimum atomic E-state index is -4.37. The lowest BCUT2D eigenvalue weighted by Crippen LogP contribution is -2.07. The standard InChI is InChI=1S/C12H11F3O3/c1-8(7-18-11(16)17-2)9-3-5-10(6-4-9)12(13,14)15/h3-6H,1,7H2,2H3. The molecule has 0 heterocycles. The summed E-state index contributed by atoms with van der Waals surface area (Å²) in [5, 5.41) is 0. The van der Waals surface area contributed by atoms with Crippen LogP contribution >= 0.6 is 0 Å². The number of halogens is 3. The van der Waals surface area contributed by atoms with Crippen molar-refractivity contribution in [2.45, 2.75) is 6.18 Å². The Hall–Kier alpha value is -1.98. The maximum atomic E-state index is 12.3. The summed E-state index contributed by atoms with van der Waals surface area (Å²) in [6.45, 7) is 3.47. The van der Waals surface area contributed by atoms with Crippen molar-refractivity contribution in [3.8, 4) is 0 Å². The summed E-state index contributed by atoms with van der Waals surface area (Å²) in [4.78, 5) is 10.7. The Bertz CT molecular complexity index is 435. The van der Waals surface area contributed by atoms with Crippen LogP contribution < -0.4 is 0 Å². The molecule has 98 valence electrons. The molecule has 1 aromatic carbocycles. The molecule has 0 aliphatic heterocycles. The molecule has 1 rings (SSSR count). The van der Waals surface area contributed by atoms with Gasteiger partial charge in [0.1, 0.15) is 6.61 Å². The van der Waals surface area contributed by atoms with Gasteiger partial charge < -0.3 is 9.47 Å². The summed E-state index contributed by atoms with van der Waals surface area (Å²) >= 11 is 0. The minimum Gasteiger partial charge on any atom is -0.438 e. The van der Waals surface area contributed by atoms with Gasteiger partial charge in [-0.3, -0.25) is 0 Å². The van der Waals surface area contributed by atoms with Gasteiger partial charge in [-0.15, -0.1) is 0 Å². The summed E-state index contributed by atoms with van der Waals surface area (Å²) in [7, 11) is 1.16. The first-order valence-electron chi connectivity index (χ1n) is 4.90. The van der Waals surface area contributed by atoms with Crippen molar-refractivity contribution in [3.63, 3.8) is 0 Å². The third-order valence-electron chi connectivity index (χ3n) is 2.15. The molecule has 3 nitrogen and oxygen atoms in total. The van der Waals surface area contributed by atoms with Gasteiger partial charge in [-0.05, 0) is 23.3 Å². The van der Waals surface area contributed by atoms with Gasteiger partial charge in [-0.2, -0.15) is 13.2 Å². The molecule has 0 fully saturated rings. The molecule has 0 saturated heterocycles. The Kier molecular flexibility index (Phi) is 4.36. The van der Waals surface area contributed by atoms with Gasteiger partial charge in [-0.1, -0.05) is 18.7 Å². The molecule has 1 aromatic rings. The fourth-order valence-corrected chi connectivity index (χ4v) is 1.18. The van der Waals surface area contributed by atoms with E-state index in [1.165, 1.54) is 12.1 Å². The predicted octanol–water partition coefficient (Wildman–Crippen LogP) is 3.50. The topological polar surface area (TPSA) is 35.5 Å². The maximum absolute atomic E-state index is 12.3. The number of alkyl halides is 3. The highest BCUT2D eigenvalue weighted by molar-refractivity contribution is 5.67. The normalized spacial score (nSPS) is 10.9. The molecule has 0 saturated carbocycles. The second-order valence-corrected chi connectivity index (χ2v) is 3.42. The number of carbonyl (C=O) groups is 1. The third kappa shape index (κ3) is 3.80. The highest BCUT2D eigenvalue weighted by Crippen LogP contribution is 2.29. The van der Waals surface area contributed by atoms with Crippen LogP contribution in [0.4, 0.5) is 18.0 Å². The number of hydrogen-bond donors (Lipinski definition) is 0. The first kappa shape index (κ1) is 14.1. The maximum Gasteiger partial charge on any atom is 0.508 e. The average molecular weight is 260 g/mol. The first-order chi connectivity index (χ1) is 8.34. The second-order valence-electron chi connectivity index (χ2n) is 3.42. The highest BCUT2D eigenvalue weighted by Gasteiger charge is 2.29. The van der Waals surface area contributed by atoms with E-state index in [-0.39, 0.29) is 6.61 Å². The Morgan fingerprint density at radius 2 is 1.83 bits per heavy atom. The number of hydrogen-bond acceptors (Lipinski definition) is 3. The van der Waals surface area contributed by atoms with Crippen LogP contribution in [0.3, 0.4) is 0 Å². The van der Waals surface area contributed by atoms with Gasteiger partial charge in [0.15, 0.2) is 0 Å². The van der Waals surface area contributed by atoms with Crippen molar-refractivity contribution < 1.29 is 27.4 Å². The van der Waals surface area contributed by atoms with Gasteiger partial charge in [0.05, 0.1) is 12.7 Å². The van der Waals surface area contributed by atoms with Crippen LogP contribution in [0.5, 0.6) is 0 Å². The molecule has 0 atom stereocenters. The zero-order chi connectivity index (χ0) is 13.8. The molecular weight excluding hydrogens is 249 g/mol. The van der Waals surface area contributed by atoms with E-state index in [2.05, 4.69) is 16.1 Å². The zero-order valence-electron chi connectivity index (χ0n) is 9.58. The Morgan fingerprint density at radius 1 is 1.28 bits per heavy atom. The number of ether oxygens (including phenoxy) is 2. The number of methoxy groups -OCH3 is 1. The van der Waals surface area contributed by atoms with E-state index in [9.17, 15) is 18.0 Å². The van der Waals surface area contributed by atoms with E-state index in [0.29, 0.717) is 11.1 Å². The molecule has 18 heavy (non-hydrogen) atoms. The van der Waals surface area contributed by atoms with Crippen LogP contribution in [0.2, 0.25) is 0 Å². The summed E-state index contributed by atoms with van der Waals surface area (Å²) < 4.78 is 45.8. The number of benzene rings is 1. The van der Waals surface area contributed by atoms with Gasteiger partial charge in [0.2, 0.25) is 0 Å². The number of carbonyl (C=O) groups excluding carboxylic acids is 1. The fourth-order valence-electron chi connectivity index (χ4n) is 1.18. The quantitative estimate of drug-likeness (QED) is 0.780. The van der Waals surface area contributed by atoms with Gasteiger partial charge >= 0.3 is 12.3 Å². The first-order valence-corrected chi connectivity index (χ1v) is 4.90. The van der Waals surface area contributed by atoms with E-state index >= 15 is 0 Å². The molecule has 0 amide bonds. The molecule has 0 aliphatic rings. The lowest BCUT2D eigenvalue weighted by Gasteiger charge is -2.09. The van der Waals surface area contributed by atoms with E-state index < -0.39 is 17.9 Å². The van der Waals surface area contributed by atoms with Crippen LogP contribution in [-0.4, -0.2) is 19.9 Å². The Labute approximate surface area is 102 Å². The molecule has 0 N–H and O–H groups in total. The zero-order valence-corrected chi connectivity index (χ0v) is 9.58. The van der Waals surface area contributed by atoms with Crippen molar-refractivity contribution in [1.82, 2.24) is 0 Å².